The Bertz CT molecular complexity index is 481. The number of nitrogens with one attached hydrogen (secondary N) is 1. The summed E-state index contributed by atoms with van der Waals surface area (Å²) in [5.41, 5.74) is 1.39. The fourth-order valence-corrected chi connectivity index (χ4v) is 1.06. The molecular weight excluding hydrogens is 166 g/mol. The van der Waals surface area contributed by atoms with Crippen molar-refractivity contribution >= 4 is 11.2 Å². The van der Waals surface area contributed by atoms with E-state index in [-0.39, 0.29) is 0 Å². The van der Waals surface area contributed by atoms with Gasteiger partial charge in [0.05, 0.1) is 12.6 Å². The van der Waals surface area contributed by atoms with Crippen molar-refractivity contribution in [3.05, 3.63) is 18.0 Å². The number of ether oxygens (including phenoxy) is 1. The molecule has 4 nitrogen and oxygen atoms in total. The summed E-state index contributed by atoms with van der Waals surface area (Å²) in [7, 11) is 1.56. The van der Waals surface area contributed by atoms with Gasteiger partial charge in [0.15, 0.2) is 11.5 Å². The lowest BCUT2D eigenvalue weighted by atomic mass is 10.4. The van der Waals surface area contributed by atoms with E-state index in [0.717, 1.165) is 5.52 Å². The number of terminal acetylenes is 1. The third-order valence-electron chi connectivity index (χ3n) is 1.67. The van der Waals surface area contributed by atoms with Crippen molar-refractivity contribution in [2.75, 3.05) is 7.11 Å². The van der Waals surface area contributed by atoms with Gasteiger partial charge in [0.2, 0.25) is 5.88 Å². The van der Waals surface area contributed by atoms with Crippen LogP contribution < -0.4 is 4.74 Å². The highest BCUT2D eigenvalue weighted by atomic mass is 16.5. The molecule has 0 bridgehead atoms. The number of hydrogen-bond donors (Lipinski definition) is 1. The molecule has 4 heteroatoms. The second-order valence-corrected chi connectivity index (χ2v) is 2.45. The summed E-state index contributed by atoms with van der Waals surface area (Å²) in [6.07, 6.45) is 5.18. The molecule has 2 aromatic rings. The van der Waals surface area contributed by atoms with E-state index < -0.39 is 0 Å². The highest BCUT2D eigenvalue weighted by molar-refractivity contribution is 5.71. The molecule has 0 saturated heterocycles. The van der Waals surface area contributed by atoms with Crippen molar-refractivity contribution in [2.45, 2.75) is 0 Å². The van der Waals surface area contributed by atoms with Gasteiger partial charge in [-0.2, -0.15) is 4.98 Å². The lowest BCUT2D eigenvalue weighted by Crippen LogP contribution is -1.86. The van der Waals surface area contributed by atoms with E-state index in [4.69, 9.17) is 11.2 Å². The van der Waals surface area contributed by atoms with Crippen LogP contribution in [0.2, 0.25) is 0 Å². The fraction of sp³-hybridized carbons (Fsp3) is 0.111. The zero-order chi connectivity index (χ0) is 9.26. The highest BCUT2D eigenvalue weighted by Gasteiger charge is 2.02. The van der Waals surface area contributed by atoms with Crippen molar-refractivity contribution in [3.8, 4) is 18.2 Å². The Morgan fingerprint density at radius 1 is 1.46 bits per heavy atom. The maximum atomic E-state index is 5.18. The first-order valence-corrected chi connectivity index (χ1v) is 3.71. The van der Waals surface area contributed by atoms with E-state index in [2.05, 4.69) is 20.9 Å². The molecule has 2 aromatic heterocycles. The van der Waals surface area contributed by atoms with Gasteiger partial charge >= 0.3 is 0 Å². The number of H-pyrrole nitrogens is 1. The van der Waals surface area contributed by atoms with Crippen LogP contribution in [0.5, 0.6) is 5.88 Å². The fourth-order valence-electron chi connectivity index (χ4n) is 1.06. The van der Waals surface area contributed by atoms with Gasteiger partial charge in [-0.15, -0.1) is 6.42 Å². The van der Waals surface area contributed by atoms with Gasteiger partial charge in [0.25, 0.3) is 0 Å². The lowest BCUT2D eigenvalue weighted by molar-refractivity contribution is 0.399. The van der Waals surface area contributed by atoms with E-state index in [0.29, 0.717) is 17.4 Å². The third kappa shape index (κ3) is 1.20. The van der Waals surface area contributed by atoms with Crippen LogP contribution in [0.1, 0.15) is 5.82 Å². The third-order valence-corrected chi connectivity index (χ3v) is 1.67. The summed E-state index contributed by atoms with van der Waals surface area (Å²) in [6.45, 7) is 0. The Morgan fingerprint density at radius 3 is 3.00 bits per heavy atom. The van der Waals surface area contributed by atoms with Gasteiger partial charge in [0.1, 0.15) is 0 Å². The summed E-state index contributed by atoms with van der Waals surface area (Å²) in [6, 6.07) is 3.58. The van der Waals surface area contributed by atoms with Crippen LogP contribution >= 0.6 is 0 Å². The van der Waals surface area contributed by atoms with Crippen LogP contribution in [0.3, 0.4) is 0 Å². The molecule has 64 valence electrons. The SMILES string of the molecule is C#Cc1nc2nc(OC)ccc2[nH]1. The predicted octanol–water partition coefficient (Wildman–Crippen LogP) is 0.948. The summed E-state index contributed by atoms with van der Waals surface area (Å²) in [4.78, 5) is 11.1. The number of aromatic amines is 1. The predicted molar refractivity (Wildman–Crippen MR) is 48.4 cm³/mol. The quantitative estimate of drug-likeness (QED) is 0.653. The van der Waals surface area contributed by atoms with Gasteiger partial charge < -0.3 is 9.72 Å². The molecule has 0 amide bonds. The van der Waals surface area contributed by atoms with Crippen molar-refractivity contribution in [1.82, 2.24) is 15.0 Å². The molecular formula is C9H7N3O. The van der Waals surface area contributed by atoms with Gasteiger partial charge in [0, 0.05) is 6.07 Å². The average Bonchev–Trinajstić information content (AvgIpc) is 2.58. The van der Waals surface area contributed by atoms with Crippen LogP contribution in [0.15, 0.2) is 12.1 Å². The number of aromatic nitrogens is 3. The average molecular weight is 173 g/mol. The van der Waals surface area contributed by atoms with Gasteiger partial charge in [-0.25, -0.2) is 4.98 Å². The maximum Gasteiger partial charge on any atom is 0.215 e. The topological polar surface area (TPSA) is 50.8 Å². The highest BCUT2D eigenvalue weighted by Crippen LogP contribution is 2.13. The first-order chi connectivity index (χ1) is 6.33. The molecule has 1 N–H and O–H groups in total. The monoisotopic (exact) mass is 173 g/mol. The number of fused-ring (bicyclic) bond motifs is 1. The molecule has 0 radical (unpaired) electrons. The Balaban J connectivity index is 2.65. The second kappa shape index (κ2) is 2.79. The second-order valence-electron chi connectivity index (χ2n) is 2.45. The molecule has 0 atom stereocenters. The molecule has 2 rings (SSSR count). The summed E-state index contributed by atoms with van der Waals surface area (Å²) in [5, 5.41) is 0. The standard InChI is InChI=1S/C9H7N3O/c1-3-7-10-6-4-5-8(13-2)12-9(6)11-7/h1,4-5H,2H3,(H,10,11,12). The summed E-state index contributed by atoms with van der Waals surface area (Å²) < 4.78 is 4.95. The first-order valence-electron chi connectivity index (χ1n) is 3.71. The Hall–Kier alpha value is -2.02. The minimum atomic E-state index is 0.482. The smallest absolute Gasteiger partial charge is 0.215 e. The number of rotatable bonds is 1. The van der Waals surface area contributed by atoms with E-state index in [9.17, 15) is 0 Å². The number of nitrogens with zero attached hydrogens (tertiary/aromatic N) is 2. The zero-order valence-corrected chi connectivity index (χ0v) is 7.03. The molecule has 0 fully saturated rings. The number of methoxy groups -OCH3 is 1. The van der Waals surface area contributed by atoms with Crippen molar-refractivity contribution in [2.24, 2.45) is 0 Å². The first kappa shape index (κ1) is 7.62. The van der Waals surface area contributed by atoms with Crippen LogP contribution in [-0.2, 0) is 0 Å². The molecule has 0 saturated carbocycles. The maximum absolute atomic E-state index is 5.18. The van der Waals surface area contributed by atoms with E-state index in [1.165, 1.54) is 0 Å². The molecule has 0 aliphatic rings. The molecule has 13 heavy (non-hydrogen) atoms. The van der Waals surface area contributed by atoms with Crippen LogP contribution in [0.4, 0.5) is 0 Å². The van der Waals surface area contributed by atoms with Crippen molar-refractivity contribution < 1.29 is 4.74 Å². The Kier molecular flexibility index (Phi) is 1.64. The van der Waals surface area contributed by atoms with E-state index in [1.54, 1.807) is 13.2 Å². The number of pyridine rings is 1. The Labute approximate surface area is 75.0 Å². The minimum Gasteiger partial charge on any atom is -0.481 e. The van der Waals surface area contributed by atoms with Crippen LogP contribution in [0.25, 0.3) is 11.2 Å². The minimum absolute atomic E-state index is 0.482. The van der Waals surface area contributed by atoms with Gasteiger partial charge in [-0.05, 0) is 12.0 Å². The Morgan fingerprint density at radius 2 is 2.31 bits per heavy atom. The zero-order valence-electron chi connectivity index (χ0n) is 7.03. The van der Waals surface area contributed by atoms with Gasteiger partial charge in [-0.3, -0.25) is 0 Å². The largest absolute Gasteiger partial charge is 0.481 e. The lowest BCUT2D eigenvalue weighted by Gasteiger charge is -1.95. The molecule has 2 heterocycles. The van der Waals surface area contributed by atoms with Crippen LogP contribution in [-0.4, -0.2) is 22.1 Å². The van der Waals surface area contributed by atoms with Crippen LogP contribution in [0, 0.1) is 12.3 Å². The molecule has 0 aliphatic carbocycles. The van der Waals surface area contributed by atoms with Crippen molar-refractivity contribution in [1.29, 1.82) is 0 Å². The number of imidazole rings is 1. The molecule has 0 aliphatic heterocycles. The molecule has 0 unspecified atom stereocenters. The summed E-state index contributed by atoms with van der Waals surface area (Å²) >= 11 is 0. The summed E-state index contributed by atoms with van der Waals surface area (Å²) in [5.74, 6) is 3.42. The normalized spacial score (nSPS) is 9.85. The van der Waals surface area contributed by atoms with Crippen molar-refractivity contribution in [3.63, 3.8) is 0 Å². The van der Waals surface area contributed by atoms with E-state index >= 15 is 0 Å². The van der Waals surface area contributed by atoms with E-state index in [1.807, 2.05) is 6.07 Å². The molecule has 0 aromatic carbocycles. The van der Waals surface area contributed by atoms with Gasteiger partial charge in [-0.1, -0.05) is 0 Å². The molecule has 0 spiro atoms. The number of hydrogen-bond acceptors (Lipinski definition) is 3.